The Morgan fingerprint density at radius 2 is 2.00 bits per heavy atom. The Morgan fingerprint density at radius 1 is 1.32 bits per heavy atom. The van der Waals surface area contributed by atoms with Gasteiger partial charge >= 0.3 is 5.97 Å². The SMILES string of the molecule is COc1ccc(C(=O)N(CCN(C)C)CC(=O)O)o1. The number of hydrogen-bond acceptors (Lipinski definition) is 5. The van der Waals surface area contributed by atoms with Crippen LogP contribution in [-0.4, -0.2) is 67.6 Å². The summed E-state index contributed by atoms with van der Waals surface area (Å²) >= 11 is 0. The fourth-order valence-corrected chi connectivity index (χ4v) is 1.44. The summed E-state index contributed by atoms with van der Waals surface area (Å²) in [5, 5.41) is 8.83. The normalized spacial score (nSPS) is 10.5. The van der Waals surface area contributed by atoms with Crippen LogP contribution < -0.4 is 4.74 Å². The lowest BCUT2D eigenvalue weighted by Crippen LogP contribution is -2.39. The van der Waals surface area contributed by atoms with Gasteiger partial charge in [0.1, 0.15) is 6.54 Å². The summed E-state index contributed by atoms with van der Waals surface area (Å²) in [6.07, 6.45) is 0. The number of ether oxygens (including phenoxy) is 1. The zero-order valence-electron chi connectivity index (χ0n) is 11.3. The third-order valence-electron chi connectivity index (χ3n) is 2.42. The van der Waals surface area contributed by atoms with E-state index in [-0.39, 0.29) is 18.3 Å². The second kappa shape index (κ2) is 6.79. The van der Waals surface area contributed by atoms with Gasteiger partial charge in [0, 0.05) is 19.2 Å². The largest absolute Gasteiger partial charge is 0.480 e. The van der Waals surface area contributed by atoms with E-state index >= 15 is 0 Å². The van der Waals surface area contributed by atoms with Crippen LogP contribution in [0, 0.1) is 0 Å². The average molecular weight is 270 g/mol. The Morgan fingerprint density at radius 3 is 2.47 bits per heavy atom. The molecule has 7 heteroatoms. The van der Waals surface area contributed by atoms with Gasteiger partial charge in [-0.3, -0.25) is 9.59 Å². The number of carbonyl (C=O) groups excluding carboxylic acids is 1. The van der Waals surface area contributed by atoms with Gasteiger partial charge in [-0.15, -0.1) is 0 Å². The molecule has 0 fully saturated rings. The molecule has 0 saturated carbocycles. The van der Waals surface area contributed by atoms with Gasteiger partial charge in [-0.1, -0.05) is 0 Å². The van der Waals surface area contributed by atoms with Crippen molar-refractivity contribution in [2.75, 3.05) is 40.8 Å². The van der Waals surface area contributed by atoms with Gasteiger partial charge in [-0.25, -0.2) is 0 Å². The summed E-state index contributed by atoms with van der Waals surface area (Å²) in [6, 6.07) is 2.98. The molecule has 0 aromatic carbocycles. The topological polar surface area (TPSA) is 83.2 Å². The lowest BCUT2D eigenvalue weighted by atomic mass is 10.3. The highest BCUT2D eigenvalue weighted by molar-refractivity contribution is 5.93. The Bertz CT molecular complexity index is 441. The van der Waals surface area contributed by atoms with Gasteiger partial charge in [-0.2, -0.15) is 0 Å². The molecule has 0 aliphatic carbocycles. The predicted molar refractivity (Wildman–Crippen MR) is 67.4 cm³/mol. The van der Waals surface area contributed by atoms with Gasteiger partial charge in [0.15, 0.2) is 5.76 Å². The van der Waals surface area contributed by atoms with Crippen molar-refractivity contribution in [3.8, 4) is 5.95 Å². The number of rotatable bonds is 7. The zero-order valence-corrected chi connectivity index (χ0v) is 11.3. The van der Waals surface area contributed by atoms with E-state index in [9.17, 15) is 9.59 Å². The van der Waals surface area contributed by atoms with E-state index in [2.05, 4.69) is 0 Å². The third-order valence-corrected chi connectivity index (χ3v) is 2.42. The second-order valence-corrected chi connectivity index (χ2v) is 4.25. The molecule has 106 valence electrons. The summed E-state index contributed by atoms with van der Waals surface area (Å²) in [6.45, 7) is 0.508. The summed E-state index contributed by atoms with van der Waals surface area (Å²) < 4.78 is 9.99. The van der Waals surface area contributed by atoms with Crippen LogP contribution in [0.2, 0.25) is 0 Å². The van der Waals surface area contributed by atoms with Gasteiger partial charge in [0.25, 0.3) is 11.9 Å². The van der Waals surface area contributed by atoms with E-state index < -0.39 is 11.9 Å². The monoisotopic (exact) mass is 270 g/mol. The Labute approximate surface area is 111 Å². The lowest BCUT2D eigenvalue weighted by Gasteiger charge is -2.21. The van der Waals surface area contributed by atoms with Crippen LogP contribution in [0.3, 0.4) is 0 Å². The molecule has 1 heterocycles. The van der Waals surface area contributed by atoms with Crippen molar-refractivity contribution in [1.82, 2.24) is 9.80 Å². The molecule has 0 unspecified atom stereocenters. The van der Waals surface area contributed by atoms with Crippen molar-refractivity contribution in [3.05, 3.63) is 17.9 Å². The first-order valence-electron chi connectivity index (χ1n) is 5.73. The van der Waals surface area contributed by atoms with Crippen LogP contribution in [0.15, 0.2) is 16.5 Å². The smallest absolute Gasteiger partial charge is 0.323 e. The van der Waals surface area contributed by atoms with E-state index in [0.717, 1.165) is 0 Å². The van der Waals surface area contributed by atoms with E-state index in [1.54, 1.807) is 0 Å². The van der Waals surface area contributed by atoms with Crippen LogP contribution in [0.1, 0.15) is 10.6 Å². The molecule has 1 aromatic rings. The van der Waals surface area contributed by atoms with Crippen molar-refractivity contribution in [2.24, 2.45) is 0 Å². The molecule has 1 rings (SSSR count). The van der Waals surface area contributed by atoms with Crippen molar-refractivity contribution >= 4 is 11.9 Å². The summed E-state index contributed by atoms with van der Waals surface area (Å²) in [4.78, 5) is 26.0. The highest BCUT2D eigenvalue weighted by Gasteiger charge is 2.21. The van der Waals surface area contributed by atoms with E-state index in [4.69, 9.17) is 14.3 Å². The molecule has 0 spiro atoms. The number of nitrogens with zero attached hydrogens (tertiary/aromatic N) is 2. The Balaban J connectivity index is 2.77. The molecule has 0 saturated heterocycles. The molecule has 1 N–H and O–H groups in total. The van der Waals surface area contributed by atoms with Gasteiger partial charge in [-0.05, 0) is 20.2 Å². The number of methoxy groups -OCH3 is 1. The summed E-state index contributed by atoms with van der Waals surface area (Å²) in [5.74, 6) is -1.25. The number of carboxylic acids is 1. The van der Waals surface area contributed by atoms with Gasteiger partial charge in [0.05, 0.1) is 7.11 Å². The predicted octanol–water partition coefficient (Wildman–Crippen LogP) is 0.377. The van der Waals surface area contributed by atoms with E-state index in [0.29, 0.717) is 13.1 Å². The molecule has 19 heavy (non-hydrogen) atoms. The highest BCUT2D eigenvalue weighted by atomic mass is 16.6. The van der Waals surface area contributed by atoms with Crippen molar-refractivity contribution < 1.29 is 23.8 Å². The maximum absolute atomic E-state index is 12.1. The number of carboxylic acid groups (broad SMARTS) is 1. The second-order valence-electron chi connectivity index (χ2n) is 4.25. The minimum absolute atomic E-state index is 0.0665. The van der Waals surface area contributed by atoms with Crippen LogP contribution >= 0.6 is 0 Å². The lowest BCUT2D eigenvalue weighted by molar-refractivity contribution is -0.137. The number of furan rings is 1. The first kappa shape index (κ1) is 15.0. The van der Waals surface area contributed by atoms with Crippen molar-refractivity contribution in [2.45, 2.75) is 0 Å². The fourth-order valence-electron chi connectivity index (χ4n) is 1.44. The van der Waals surface area contributed by atoms with Gasteiger partial charge in [0.2, 0.25) is 0 Å². The van der Waals surface area contributed by atoms with Crippen LogP contribution in [0.4, 0.5) is 0 Å². The molecule has 7 nitrogen and oxygen atoms in total. The zero-order chi connectivity index (χ0) is 14.4. The number of hydrogen-bond donors (Lipinski definition) is 1. The average Bonchev–Trinajstić information content (AvgIpc) is 2.81. The molecule has 0 bridgehead atoms. The molecule has 0 radical (unpaired) electrons. The Kier molecular flexibility index (Phi) is 5.37. The standard InChI is InChI=1S/C12H18N2O5/c1-13(2)6-7-14(8-10(15)16)12(17)9-4-5-11(18-3)19-9/h4-5H,6-8H2,1-3H3,(H,15,16). The van der Waals surface area contributed by atoms with Crippen LogP contribution in [-0.2, 0) is 4.79 Å². The van der Waals surface area contributed by atoms with E-state index in [1.807, 2.05) is 19.0 Å². The van der Waals surface area contributed by atoms with E-state index in [1.165, 1.54) is 24.1 Å². The quantitative estimate of drug-likeness (QED) is 0.771. The maximum atomic E-state index is 12.1. The molecule has 1 aromatic heterocycles. The summed E-state index contributed by atoms with van der Waals surface area (Å²) in [5.41, 5.74) is 0. The first-order valence-corrected chi connectivity index (χ1v) is 5.73. The molecule has 0 aliphatic heterocycles. The Hall–Kier alpha value is -2.02. The maximum Gasteiger partial charge on any atom is 0.323 e. The van der Waals surface area contributed by atoms with Crippen molar-refractivity contribution in [3.63, 3.8) is 0 Å². The number of amides is 1. The minimum Gasteiger partial charge on any atom is -0.480 e. The molecule has 0 aliphatic rings. The minimum atomic E-state index is -1.06. The molecule has 1 amide bonds. The first-order chi connectivity index (χ1) is 8.93. The highest BCUT2D eigenvalue weighted by Crippen LogP contribution is 2.16. The number of aliphatic carboxylic acids is 1. The fraction of sp³-hybridized carbons (Fsp3) is 0.500. The number of likely N-dealkylation sites (N-methyl/N-ethyl adjacent to an activating group) is 1. The molecule has 0 atom stereocenters. The van der Waals surface area contributed by atoms with Crippen LogP contribution in [0.5, 0.6) is 5.95 Å². The molecular weight excluding hydrogens is 252 g/mol. The van der Waals surface area contributed by atoms with Gasteiger partial charge < -0.3 is 24.1 Å². The number of carbonyl (C=O) groups is 2. The third kappa shape index (κ3) is 4.63. The molecular formula is C12H18N2O5. The van der Waals surface area contributed by atoms with Crippen molar-refractivity contribution in [1.29, 1.82) is 0 Å². The summed E-state index contributed by atoms with van der Waals surface area (Å²) in [7, 11) is 5.12. The van der Waals surface area contributed by atoms with Crippen LogP contribution in [0.25, 0.3) is 0 Å².